The number of hydrogen-bond acceptors (Lipinski definition) is 5. The molecule has 1 saturated carbocycles. The van der Waals surface area contributed by atoms with Gasteiger partial charge in [-0.2, -0.15) is 0 Å². The van der Waals surface area contributed by atoms with Gasteiger partial charge >= 0.3 is 12.1 Å². The van der Waals surface area contributed by atoms with Crippen LogP contribution < -0.4 is 5.32 Å². The first-order valence-corrected chi connectivity index (χ1v) is 11.0. The Labute approximate surface area is 192 Å². The highest BCUT2D eigenvalue weighted by Crippen LogP contribution is 2.44. The van der Waals surface area contributed by atoms with E-state index in [0.29, 0.717) is 12.8 Å². The highest BCUT2D eigenvalue weighted by Gasteiger charge is 2.51. The van der Waals surface area contributed by atoms with E-state index >= 15 is 0 Å². The van der Waals surface area contributed by atoms with Crippen molar-refractivity contribution in [3.05, 3.63) is 59.7 Å². The molecule has 0 saturated heterocycles. The van der Waals surface area contributed by atoms with Gasteiger partial charge in [0.2, 0.25) is 5.91 Å². The van der Waals surface area contributed by atoms with Crippen molar-refractivity contribution in [1.82, 2.24) is 10.2 Å². The number of carbonyl (C=O) groups excluding carboxylic acids is 2. The molecule has 0 radical (unpaired) electrons. The molecule has 174 valence electrons. The average molecular weight is 453 g/mol. The predicted octanol–water partition coefficient (Wildman–Crippen LogP) is 3.01. The number of nitrogens with zero attached hydrogens (tertiary/aromatic N) is 1. The summed E-state index contributed by atoms with van der Waals surface area (Å²) in [5.41, 5.74) is 3.19. The lowest BCUT2D eigenvalue weighted by atomic mass is 9.75. The third-order valence-corrected chi connectivity index (χ3v) is 6.82. The smallest absolute Gasteiger partial charge is 0.407 e. The highest BCUT2D eigenvalue weighted by atomic mass is 16.5. The number of carboxylic acid groups (broad SMARTS) is 1. The van der Waals surface area contributed by atoms with Gasteiger partial charge in [0.1, 0.15) is 18.2 Å². The van der Waals surface area contributed by atoms with Gasteiger partial charge in [0, 0.05) is 20.1 Å². The fraction of sp³-hybridized carbons (Fsp3) is 0.400. The second-order valence-corrected chi connectivity index (χ2v) is 8.57. The Hall–Kier alpha value is -3.39. The zero-order chi connectivity index (χ0) is 23.6. The molecule has 2 aromatic rings. The Morgan fingerprint density at radius 3 is 2.15 bits per heavy atom. The van der Waals surface area contributed by atoms with Gasteiger partial charge in [-0.05, 0) is 41.5 Å². The van der Waals surface area contributed by atoms with Crippen LogP contribution in [-0.4, -0.2) is 66.9 Å². The summed E-state index contributed by atoms with van der Waals surface area (Å²) in [6.07, 6.45) is 0.752. The van der Waals surface area contributed by atoms with E-state index in [2.05, 4.69) is 17.4 Å². The van der Waals surface area contributed by atoms with Crippen LogP contribution in [0.5, 0.6) is 0 Å². The highest BCUT2D eigenvalue weighted by molar-refractivity contribution is 5.92. The summed E-state index contributed by atoms with van der Waals surface area (Å²) >= 11 is 0. The number of likely N-dealkylation sites (N-methyl/N-ethyl adjacent to an activating group) is 1. The van der Waals surface area contributed by atoms with Crippen molar-refractivity contribution in [3.8, 4) is 11.1 Å². The first-order valence-electron chi connectivity index (χ1n) is 11.0. The summed E-state index contributed by atoms with van der Waals surface area (Å²) in [5, 5.41) is 12.2. The minimum atomic E-state index is -1.23. The Morgan fingerprint density at radius 1 is 1.09 bits per heavy atom. The summed E-state index contributed by atoms with van der Waals surface area (Å²) in [7, 11) is 2.87. The van der Waals surface area contributed by atoms with Gasteiger partial charge < -0.3 is 24.8 Å². The van der Waals surface area contributed by atoms with E-state index in [4.69, 9.17) is 9.47 Å². The summed E-state index contributed by atoms with van der Waals surface area (Å²) < 4.78 is 10.6. The molecule has 0 unspecified atom stereocenters. The predicted molar refractivity (Wildman–Crippen MR) is 121 cm³/mol. The quantitative estimate of drug-likeness (QED) is 0.638. The van der Waals surface area contributed by atoms with Crippen LogP contribution in [0.2, 0.25) is 0 Å². The van der Waals surface area contributed by atoms with Gasteiger partial charge in [-0.1, -0.05) is 48.5 Å². The van der Waals surface area contributed by atoms with Gasteiger partial charge in [0.25, 0.3) is 0 Å². The van der Waals surface area contributed by atoms with Crippen molar-refractivity contribution < 1.29 is 29.0 Å². The summed E-state index contributed by atoms with van der Waals surface area (Å²) in [4.78, 5) is 38.6. The van der Waals surface area contributed by atoms with E-state index in [-0.39, 0.29) is 19.1 Å². The zero-order valence-corrected chi connectivity index (χ0v) is 18.7. The van der Waals surface area contributed by atoms with Gasteiger partial charge in [-0.15, -0.1) is 0 Å². The molecular weight excluding hydrogens is 424 g/mol. The minimum absolute atomic E-state index is 0.0942. The van der Waals surface area contributed by atoms with Crippen LogP contribution in [0, 0.1) is 0 Å². The third-order valence-electron chi connectivity index (χ3n) is 6.82. The fourth-order valence-corrected chi connectivity index (χ4v) is 4.77. The molecule has 2 aliphatic rings. The Balaban J connectivity index is 1.43. The van der Waals surface area contributed by atoms with Crippen molar-refractivity contribution in [2.45, 2.75) is 36.8 Å². The minimum Gasteiger partial charge on any atom is -0.479 e. The molecule has 2 aromatic carbocycles. The monoisotopic (exact) mass is 452 g/mol. The Kier molecular flexibility index (Phi) is 6.37. The molecule has 2 N–H and O–H groups in total. The first-order chi connectivity index (χ1) is 15.9. The van der Waals surface area contributed by atoms with E-state index in [9.17, 15) is 19.5 Å². The van der Waals surface area contributed by atoms with E-state index < -0.39 is 29.6 Å². The largest absolute Gasteiger partial charge is 0.479 e. The number of alkyl carbamates (subject to hydrolysis) is 1. The van der Waals surface area contributed by atoms with Crippen molar-refractivity contribution >= 4 is 18.0 Å². The molecule has 0 aliphatic heterocycles. The third kappa shape index (κ3) is 4.06. The number of benzene rings is 2. The molecule has 8 nitrogen and oxygen atoms in total. The molecule has 8 heteroatoms. The maximum atomic E-state index is 13.0. The van der Waals surface area contributed by atoms with Crippen LogP contribution in [0.25, 0.3) is 11.1 Å². The number of nitrogens with one attached hydrogen (secondary N) is 1. The van der Waals surface area contributed by atoms with Crippen molar-refractivity contribution in [2.75, 3.05) is 27.4 Å². The molecule has 0 bridgehead atoms. The van der Waals surface area contributed by atoms with Crippen LogP contribution in [0.4, 0.5) is 4.79 Å². The SMILES string of the molecule is COC[C@H](NC(=O)OCC1c2ccccc2-c2ccccc21)C(=O)N(C)C1(C(=O)O)CCC1. The van der Waals surface area contributed by atoms with Gasteiger partial charge in [-0.25, -0.2) is 9.59 Å². The number of methoxy groups -OCH3 is 1. The normalized spacial score (nSPS) is 16.7. The van der Waals surface area contributed by atoms with Crippen LogP contribution in [0.1, 0.15) is 36.3 Å². The van der Waals surface area contributed by atoms with Crippen molar-refractivity contribution in [3.63, 3.8) is 0 Å². The Bertz CT molecular complexity index is 1020. The molecule has 1 fully saturated rings. The number of carboxylic acids is 1. The molecule has 33 heavy (non-hydrogen) atoms. The van der Waals surface area contributed by atoms with Crippen molar-refractivity contribution in [2.24, 2.45) is 0 Å². The fourth-order valence-electron chi connectivity index (χ4n) is 4.77. The van der Waals surface area contributed by atoms with E-state index in [0.717, 1.165) is 28.7 Å². The summed E-state index contributed by atoms with van der Waals surface area (Å²) in [5.74, 6) is -1.66. The lowest BCUT2D eigenvalue weighted by Crippen LogP contribution is -2.63. The molecule has 1 atom stereocenters. The number of aliphatic carboxylic acids is 1. The number of amides is 2. The second-order valence-electron chi connectivity index (χ2n) is 8.57. The van der Waals surface area contributed by atoms with Crippen LogP contribution >= 0.6 is 0 Å². The first kappa shape index (κ1) is 22.8. The van der Waals surface area contributed by atoms with Crippen LogP contribution in [0.3, 0.4) is 0 Å². The summed E-state index contributed by atoms with van der Waals surface area (Å²) in [6.45, 7) is 0.0196. The average Bonchev–Trinajstić information content (AvgIpc) is 3.09. The number of carbonyl (C=O) groups is 3. The van der Waals surface area contributed by atoms with E-state index in [1.807, 2.05) is 36.4 Å². The van der Waals surface area contributed by atoms with Crippen LogP contribution in [-0.2, 0) is 19.1 Å². The topological polar surface area (TPSA) is 105 Å². The summed E-state index contributed by atoms with van der Waals surface area (Å²) in [6, 6.07) is 15.0. The maximum Gasteiger partial charge on any atom is 0.407 e. The molecule has 4 rings (SSSR count). The Morgan fingerprint density at radius 2 is 1.67 bits per heavy atom. The molecular formula is C25H28N2O6. The maximum absolute atomic E-state index is 13.0. The van der Waals surface area contributed by atoms with Gasteiger partial charge in [0.05, 0.1) is 6.61 Å². The molecule has 0 heterocycles. The zero-order valence-electron chi connectivity index (χ0n) is 18.7. The van der Waals surface area contributed by atoms with Crippen LogP contribution in [0.15, 0.2) is 48.5 Å². The number of fused-ring (bicyclic) bond motifs is 3. The molecule has 0 spiro atoms. The lowest BCUT2D eigenvalue weighted by molar-refractivity contribution is -0.165. The van der Waals surface area contributed by atoms with Crippen molar-refractivity contribution in [1.29, 1.82) is 0 Å². The number of rotatable bonds is 8. The van der Waals surface area contributed by atoms with E-state index in [1.165, 1.54) is 19.1 Å². The molecule has 2 amide bonds. The number of hydrogen-bond donors (Lipinski definition) is 2. The molecule has 2 aliphatic carbocycles. The number of ether oxygens (including phenoxy) is 2. The lowest BCUT2D eigenvalue weighted by Gasteiger charge is -2.45. The standard InChI is InChI=1S/C25H28N2O6/c1-27(25(23(29)30)12-7-13-25)22(28)21(15-32-2)26-24(31)33-14-20-18-10-5-3-8-16(18)17-9-4-6-11-19(17)20/h3-6,8-11,20-21H,7,12-15H2,1-2H3,(H,26,31)(H,29,30)/t21-/m0/s1. The van der Waals surface area contributed by atoms with E-state index in [1.54, 1.807) is 0 Å². The molecule has 0 aromatic heterocycles. The van der Waals surface area contributed by atoms with Gasteiger partial charge in [0.15, 0.2) is 0 Å². The van der Waals surface area contributed by atoms with Gasteiger partial charge in [-0.3, -0.25) is 4.79 Å². The second kappa shape index (κ2) is 9.23.